The molecule has 5 nitrogen and oxygen atoms in total. The van der Waals surface area contributed by atoms with Gasteiger partial charge >= 0.3 is 5.97 Å². The summed E-state index contributed by atoms with van der Waals surface area (Å²) in [6.45, 7) is 1.45. The fraction of sp³-hybridized carbons (Fsp3) is 0.800. The summed E-state index contributed by atoms with van der Waals surface area (Å²) < 4.78 is 4.49. The lowest BCUT2D eigenvalue weighted by Gasteiger charge is -2.10. The van der Waals surface area contributed by atoms with E-state index in [0.717, 1.165) is 19.4 Å². The molecule has 1 aliphatic rings. The summed E-state index contributed by atoms with van der Waals surface area (Å²) in [5.41, 5.74) is 0. The lowest BCUT2D eigenvalue weighted by atomic mass is 10.2. The van der Waals surface area contributed by atoms with Crippen LogP contribution in [0.5, 0.6) is 0 Å². The maximum Gasteiger partial charge on any atom is 0.305 e. The second-order valence-corrected chi connectivity index (χ2v) is 3.62. The molecule has 1 fully saturated rings. The van der Waals surface area contributed by atoms with Gasteiger partial charge in [0.05, 0.1) is 13.2 Å². The number of hydrogen-bond donors (Lipinski definition) is 2. The van der Waals surface area contributed by atoms with Crippen molar-refractivity contribution in [3.05, 3.63) is 0 Å². The van der Waals surface area contributed by atoms with E-state index in [1.165, 1.54) is 7.11 Å². The van der Waals surface area contributed by atoms with E-state index in [4.69, 9.17) is 0 Å². The van der Waals surface area contributed by atoms with Crippen LogP contribution < -0.4 is 10.6 Å². The Hall–Kier alpha value is -1.10. The van der Waals surface area contributed by atoms with Gasteiger partial charge in [-0.3, -0.25) is 9.59 Å². The second-order valence-electron chi connectivity index (χ2n) is 3.62. The zero-order valence-electron chi connectivity index (χ0n) is 9.04. The molecular weight excluding hydrogens is 196 g/mol. The van der Waals surface area contributed by atoms with Gasteiger partial charge in [-0.2, -0.15) is 0 Å². The van der Waals surface area contributed by atoms with E-state index < -0.39 is 0 Å². The van der Waals surface area contributed by atoms with Crippen molar-refractivity contribution in [3.8, 4) is 0 Å². The van der Waals surface area contributed by atoms with Crippen molar-refractivity contribution in [2.75, 3.05) is 20.2 Å². The van der Waals surface area contributed by atoms with Crippen LogP contribution in [0.1, 0.15) is 25.7 Å². The number of carbonyl (C=O) groups is 2. The highest BCUT2D eigenvalue weighted by Gasteiger charge is 2.21. The van der Waals surface area contributed by atoms with Crippen LogP contribution in [0.25, 0.3) is 0 Å². The van der Waals surface area contributed by atoms with Gasteiger partial charge in [0.1, 0.15) is 0 Å². The number of carbonyl (C=O) groups excluding carboxylic acids is 2. The van der Waals surface area contributed by atoms with Gasteiger partial charge in [0.25, 0.3) is 0 Å². The van der Waals surface area contributed by atoms with Crippen molar-refractivity contribution in [1.29, 1.82) is 0 Å². The number of esters is 1. The average molecular weight is 214 g/mol. The van der Waals surface area contributed by atoms with Crippen molar-refractivity contribution >= 4 is 11.9 Å². The monoisotopic (exact) mass is 214 g/mol. The summed E-state index contributed by atoms with van der Waals surface area (Å²) in [5.74, 6) is -0.194. The molecule has 0 bridgehead atoms. The minimum absolute atomic E-state index is 0.0388. The van der Waals surface area contributed by atoms with E-state index in [1.807, 2.05) is 0 Å². The Morgan fingerprint density at radius 3 is 2.93 bits per heavy atom. The molecule has 1 amide bonds. The first-order valence-electron chi connectivity index (χ1n) is 5.32. The summed E-state index contributed by atoms with van der Waals surface area (Å²) in [4.78, 5) is 22.2. The lowest BCUT2D eigenvalue weighted by Crippen LogP contribution is -2.40. The average Bonchev–Trinajstić information content (AvgIpc) is 2.77. The van der Waals surface area contributed by atoms with E-state index in [1.54, 1.807) is 0 Å². The molecule has 0 aromatic heterocycles. The molecule has 1 atom stereocenters. The summed E-state index contributed by atoms with van der Waals surface area (Å²) in [6, 6.07) is -0.0388. The number of methoxy groups -OCH3 is 1. The first-order valence-corrected chi connectivity index (χ1v) is 5.32. The minimum atomic E-state index is -0.233. The Labute approximate surface area is 89.6 Å². The molecule has 1 rings (SSSR count). The third-order valence-electron chi connectivity index (χ3n) is 2.46. The first kappa shape index (κ1) is 12.0. The van der Waals surface area contributed by atoms with Gasteiger partial charge in [-0.05, 0) is 25.8 Å². The topological polar surface area (TPSA) is 67.4 Å². The smallest absolute Gasteiger partial charge is 0.305 e. The molecule has 0 unspecified atom stereocenters. The van der Waals surface area contributed by atoms with Crippen molar-refractivity contribution in [2.24, 2.45) is 0 Å². The highest BCUT2D eigenvalue weighted by molar-refractivity contribution is 5.82. The van der Waals surface area contributed by atoms with Crippen LogP contribution in [0.4, 0.5) is 0 Å². The number of ether oxygens (including phenoxy) is 1. The Kier molecular flexibility index (Phi) is 5.10. The van der Waals surface area contributed by atoms with Crippen LogP contribution in [0.3, 0.4) is 0 Å². The molecule has 1 saturated heterocycles. The van der Waals surface area contributed by atoms with Gasteiger partial charge in [-0.1, -0.05) is 0 Å². The van der Waals surface area contributed by atoms with E-state index in [0.29, 0.717) is 19.4 Å². The molecule has 2 N–H and O–H groups in total. The van der Waals surface area contributed by atoms with E-state index in [9.17, 15) is 9.59 Å². The Morgan fingerprint density at radius 2 is 2.33 bits per heavy atom. The van der Waals surface area contributed by atoms with Gasteiger partial charge in [0.2, 0.25) is 5.91 Å². The summed E-state index contributed by atoms with van der Waals surface area (Å²) in [5, 5.41) is 5.91. The van der Waals surface area contributed by atoms with Crippen molar-refractivity contribution < 1.29 is 14.3 Å². The SMILES string of the molecule is COC(=O)CCCNC(=O)[C@H]1CCCN1. The highest BCUT2D eigenvalue weighted by atomic mass is 16.5. The summed E-state index contributed by atoms with van der Waals surface area (Å²) >= 11 is 0. The lowest BCUT2D eigenvalue weighted by molar-refractivity contribution is -0.140. The zero-order chi connectivity index (χ0) is 11.1. The van der Waals surface area contributed by atoms with Gasteiger partial charge in [0.15, 0.2) is 0 Å². The third kappa shape index (κ3) is 4.29. The number of hydrogen-bond acceptors (Lipinski definition) is 4. The maximum atomic E-state index is 11.5. The van der Waals surface area contributed by atoms with Gasteiger partial charge < -0.3 is 15.4 Å². The molecule has 0 aromatic rings. The fourth-order valence-electron chi connectivity index (χ4n) is 1.58. The van der Waals surface area contributed by atoms with Crippen LogP contribution in [0.2, 0.25) is 0 Å². The van der Waals surface area contributed by atoms with Crippen LogP contribution >= 0.6 is 0 Å². The van der Waals surface area contributed by atoms with Crippen LogP contribution in [0, 0.1) is 0 Å². The molecule has 0 aliphatic carbocycles. The molecule has 5 heteroatoms. The highest BCUT2D eigenvalue weighted by Crippen LogP contribution is 2.04. The van der Waals surface area contributed by atoms with E-state index in [2.05, 4.69) is 15.4 Å². The second kappa shape index (κ2) is 6.40. The zero-order valence-corrected chi connectivity index (χ0v) is 9.04. The van der Waals surface area contributed by atoms with Crippen molar-refractivity contribution in [3.63, 3.8) is 0 Å². The Bertz CT molecular complexity index is 225. The molecular formula is C10H18N2O3. The predicted octanol–water partition coefficient (Wildman–Crippen LogP) is -0.192. The number of nitrogens with one attached hydrogen (secondary N) is 2. The van der Waals surface area contributed by atoms with E-state index in [-0.39, 0.29) is 17.9 Å². The Balaban J connectivity index is 2.04. The molecule has 0 aromatic carbocycles. The van der Waals surface area contributed by atoms with Crippen LogP contribution in [0.15, 0.2) is 0 Å². The maximum absolute atomic E-state index is 11.5. The Morgan fingerprint density at radius 1 is 1.53 bits per heavy atom. The fourth-order valence-corrected chi connectivity index (χ4v) is 1.58. The largest absolute Gasteiger partial charge is 0.469 e. The molecule has 0 spiro atoms. The van der Waals surface area contributed by atoms with E-state index >= 15 is 0 Å². The quantitative estimate of drug-likeness (QED) is 0.491. The van der Waals surface area contributed by atoms with Crippen LogP contribution in [-0.4, -0.2) is 38.1 Å². The van der Waals surface area contributed by atoms with Gasteiger partial charge in [0, 0.05) is 13.0 Å². The summed E-state index contributed by atoms with van der Waals surface area (Å²) in [7, 11) is 1.36. The third-order valence-corrected chi connectivity index (χ3v) is 2.46. The normalized spacial score (nSPS) is 19.9. The standard InChI is InChI=1S/C10H18N2O3/c1-15-9(13)5-3-7-12-10(14)8-4-2-6-11-8/h8,11H,2-7H2,1H3,(H,12,14)/t8-/m1/s1. The first-order chi connectivity index (χ1) is 7.24. The van der Waals surface area contributed by atoms with Gasteiger partial charge in [-0.15, -0.1) is 0 Å². The molecule has 1 heterocycles. The van der Waals surface area contributed by atoms with Crippen molar-refractivity contribution in [1.82, 2.24) is 10.6 Å². The molecule has 15 heavy (non-hydrogen) atoms. The van der Waals surface area contributed by atoms with Crippen LogP contribution in [-0.2, 0) is 14.3 Å². The molecule has 0 saturated carbocycles. The molecule has 86 valence electrons. The summed E-state index contributed by atoms with van der Waals surface area (Å²) in [6.07, 6.45) is 2.95. The predicted molar refractivity (Wildman–Crippen MR) is 55.3 cm³/mol. The van der Waals surface area contributed by atoms with Crippen molar-refractivity contribution in [2.45, 2.75) is 31.7 Å². The minimum Gasteiger partial charge on any atom is -0.469 e. The number of amides is 1. The molecule has 0 radical (unpaired) electrons. The number of rotatable bonds is 5. The molecule has 1 aliphatic heterocycles. The van der Waals surface area contributed by atoms with Gasteiger partial charge in [-0.25, -0.2) is 0 Å².